The van der Waals surface area contributed by atoms with Gasteiger partial charge in [-0.25, -0.2) is 0 Å². The fraction of sp³-hybridized carbons (Fsp3) is 0.350. The first-order valence-corrected chi connectivity index (χ1v) is 9.09. The lowest BCUT2D eigenvalue weighted by molar-refractivity contribution is -0.137. The van der Waals surface area contributed by atoms with Gasteiger partial charge in [-0.15, -0.1) is 12.4 Å². The maximum Gasteiger partial charge on any atom is 0.416 e. The van der Waals surface area contributed by atoms with Crippen LogP contribution in [-0.2, 0) is 17.4 Å². The quantitative estimate of drug-likeness (QED) is 0.386. The molecule has 30 heavy (non-hydrogen) atoms. The van der Waals surface area contributed by atoms with Crippen LogP contribution in [0.1, 0.15) is 29.2 Å². The second kappa shape index (κ2) is 10.0. The number of rotatable bonds is 7. The molecular formula is C20H22ClF3N2O4. The number of ether oxygens (including phenoxy) is 1. The number of aliphatic hydroxyl groups is 1. The van der Waals surface area contributed by atoms with Crippen LogP contribution in [0.3, 0.4) is 0 Å². The van der Waals surface area contributed by atoms with E-state index in [-0.39, 0.29) is 42.7 Å². The van der Waals surface area contributed by atoms with E-state index in [2.05, 4.69) is 10.6 Å². The van der Waals surface area contributed by atoms with Crippen LogP contribution >= 0.6 is 12.4 Å². The first-order chi connectivity index (χ1) is 13.8. The minimum atomic E-state index is -4.36. The summed E-state index contributed by atoms with van der Waals surface area (Å²) in [6.07, 6.45) is -4.25. The van der Waals surface area contributed by atoms with E-state index >= 15 is 0 Å². The van der Waals surface area contributed by atoms with Gasteiger partial charge in [0.25, 0.3) is 5.91 Å². The molecule has 1 heterocycles. The van der Waals surface area contributed by atoms with Gasteiger partial charge in [-0.1, -0.05) is 18.2 Å². The van der Waals surface area contributed by atoms with Crippen LogP contribution in [0.2, 0.25) is 0 Å². The molecule has 0 aliphatic carbocycles. The Morgan fingerprint density at radius 1 is 1.23 bits per heavy atom. The molecule has 0 saturated heterocycles. The molecule has 4 N–H and O–H groups in total. The van der Waals surface area contributed by atoms with Gasteiger partial charge in [-0.3, -0.25) is 4.79 Å². The lowest BCUT2D eigenvalue weighted by Crippen LogP contribution is -2.28. The van der Waals surface area contributed by atoms with Crippen molar-refractivity contribution in [2.24, 2.45) is 0 Å². The number of phenols is 1. The molecule has 0 spiro atoms. The van der Waals surface area contributed by atoms with Gasteiger partial charge in [0.1, 0.15) is 11.4 Å². The van der Waals surface area contributed by atoms with E-state index in [0.717, 1.165) is 12.1 Å². The zero-order chi connectivity index (χ0) is 21.0. The normalized spacial score (nSPS) is 14.2. The molecule has 10 heteroatoms. The standard InChI is InChI=1S/C20H21F3N2O4.ClH/c21-20(22,23)13-5-1-3-12(9-13)4-2-8-24-10-16(27)14-6-7-15(26)18-19(14)29-11-17(28)25-18;/h1,3,5-7,9,16,24,26-27H,2,4,8,10-11H2,(H,25,28);1H. The summed E-state index contributed by atoms with van der Waals surface area (Å²) in [6.45, 7) is 0.461. The Labute approximate surface area is 177 Å². The Morgan fingerprint density at radius 3 is 2.73 bits per heavy atom. The van der Waals surface area contributed by atoms with Crippen LogP contribution in [-0.4, -0.2) is 35.8 Å². The predicted molar refractivity (Wildman–Crippen MR) is 107 cm³/mol. The molecule has 164 valence electrons. The third kappa shape index (κ3) is 5.78. The molecule has 0 radical (unpaired) electrons. The second-order valence-electron chi connectivity index (χ2n) is 6.74. The summed E-state index contributed by atoms with van der Waals surface area (Å²) in [6, 6.07) is 8.10. The van der Waals surface area contributed by atoms with Crippen LogP contribution < -0.4 is 15.4 Å². The number of aliphatic hydroxyl groups excluding tert-OH is 1. The van der Waals surface area contributed by atoms with Crippen molar-refractivity contribution in [1.82, 2.24) is 5.32 Å². The number of alkyl halides is 3. The van der Waals surface area contributed by atoms with E-state index in [1.807, 2.05) is 0 Å². The number of fused-ring (bicyclic) bond motifs is 1. The van der Waals surface area contributed by atoms with Crippen molar-refractivity contribution in [3.05, 3.63) is 53.1 Å². The average molecular weight is 447 g/mol. The largest absolute Gasteiger partial charge is 0.506 e. The molecule has 1 aliphatic heterocycles. The molecule has 1 atom stereocenters. The Bertz CT molecular complexity index is 893. The van der Waals surface area contributed by atoms with Crippen LogP contribution in [0.25, 0.3) is 0 Å². The molecule has 1 unspecified atom stereocenters. The smallest absolute Gasteiger partial charge is 0.416 e. The van der Waals surface area contributed by atoms with Crippen molar-refractivity contribution in [1.29, 1.82) is 0 Å². The van der Waals surface area contributed by atoms with Crippen molar-refractivity contribution >= 4 is 24.0 Å². The summed E-state index contributed by atoms with van der Waals surface area (Å²) in [5, 5.41) is 25.8. The number of hydrogen-bond donors (Lipinski definition) is 4. The van der Waals surface area contributed by atoms with E-state index in [9.17, 15) is 28.2 Å². The molecule has 6 nitrogen and oxygen atoms in total. The first-order valence-electron chi connectivity index (χ1n) is 9.09. The van der Waals surface area contributed by atoms with Crippen molar-refractivity contribution < 1.29 is 32.9 Å². The molecule has 3 rings (SSSR count). The number of anilines is 1. The van der Waals surface area contributed by atoms with Crippen molar-refractivity contribution in [3.8, 4) is 11.5 Å². The number of aryl methyl sites for hydroxylation is 1. The number of hydrogen-bond acceptors (Lipinski definition) is 5. The molecular weight excluding hydrogens is 425 g/mol. The van der Waals surface area contributed by atoms with Crippen LogP contribution in [0.4, 0.5) is 18.9 Å². The Hall–Kier alpha value is -2.49. The summed E-state index contributed by atoms with van der Waals surface area (Å²) < 4.78 is 43.6. The number of phenolic OH excluding ortho intramolecular Hbond substituents is 1. The Kier molecular flexibility index (Phi) is 7.94. The molecule has 1 amide bonds. The predicted octanol–water partition coefficient (Wildman–Crippen LogP) is 3.42. The van der Waals surface area contributed by atoms with Gasteiger partial charge in [-0.2, -0.15) is 13.2 Å². The summed E-state index contributed by atoms with van der Waals surface area (Å²) in [4.78, 5) is 11.4. The van der Waals surface area contributed by atoms with Crippen LogP contribution in [0.15, 0.2) is 36.4 Å². The highest BCUT2D eigenvalue weighted by molar-refractivity contribution is 5.97. The summed E-state index contributed by atoms with van der Waals surface area (Å²) >= 11 is 0. The van der Waals surface area contributed by atoms with E-state index in [1.165, 1.54) is 18.2 Å². The maximum absolute atomic E-state index is 12.7. The highest BCUT2D eigenvalue weighted by Gasteiger charge is 2.30. The summed E-state index contributed by atoms with van der Waals surface area (Å²) in [7, 11) is 0. The summed E-state index contributed by atoms with van der Waals surface area (Å²) in [5.41, 5.74) is 0.479. The topological polar surface area (TPSA) is 90.8 Å². The monoisotopic (exact) mass is 446 g/mol. The van der Waals surface area contributed by atoms with E-state index < -0.39 is 23.8 Å². The number of aromatic hydroxyl groups is 1. The third-order valence-corrected chi connectivity index (χ3v) is 4.55. The van der Waals surface area contributed by atoms with Gasteiger partial charge >= 0.3 is 6.18 Å². The highest BCUT2D eigenvalue weighted by Crippen LogP contribution is 2.41. The first kappa shape index (κ1) is 23.8. The van der Waals surface area contributed by atoms with E-state index in [0.29, 0.717) is 30.5 Å². The van der Waals surface area contributed by atoms with Crippen LogP contribution in [0, 0.1) is 0 Å². The molecule has 0 saturated carbocycles. The molecule has 0 fully saturated rings. The zero-order valence-corrected chi connectivity index (χ0v) is 16.6. The second-order valence-corrected chi connectivity index (χ2v) is 6.74. The van der Waals surface area contributed by atoms with Gasteiger partial charge in [0.2, 0.25) is 0 Å². The molecule has 0 bridgehead atoms. The number of carbonyl (C=O) groups excluding carboxylic acids is 1. The SMILES string of the molecule is Cl.O=C1COc2c(C(O)CNCCCc3cccc(C(F)(F)F)c3)ccc(O)c2N1. The van der Waals surface area contributed by atoms with Crippen LogP contribution in [0.5, 0.6) is 11.5 Å². The maximum atomic E-state index is 12.7. The number of benzene rings is 2. The van der Waals surface area contributed by atoms with Gasteiger partial charge in [-0.05, 0) is 43.1 Å². The average Bonchev–Trinajstić information content (AvgIpc) is 2.68. The third-order valence-electron chi connectivity index (χ3n) is 4.55. The number of halogens is 4. The van der Waals surface area contributed by atoms with E-state index in [4.69, 9.17) is 4.74 Å². The van der Waals surface area contributed by atoms with Crippen molar-refractivity contribution in [3.63, 3.8) is 0 Å². The fourth-order valence-electron chi connectivity index (χ4n) is 3.11. The molecule has 2 aromatic rings. The lowest BCUT2D eigenvalue weighted by Gasteiger charge is -2.23. The van der Waals surface area contributed by atoms with E-state index in [1.54, 1.807) is 6.07 Å². The van der Waals surface area contributed by atoms with Gasteiger partial charge in [0.15, 0.2) is 12.4 Å². The molecule has 0 aromatic heterocycles. The van der Waals surface area contributed by atoms with Crippen molar-refractivity contribution in [2.45, 2.75) is 25.1 Å². The zero-order valence-electron chi connectivity index (χ0n) is 15.8. The number of amides is 1. The molecule has 1 aliphatic rings. The lowest BCUT2D eigenvalue weighted by atomic mass is 10.0. The summed E-state index contributed by atoms with van der Waals surface area (Å²) in [5.74, 6) is -0.326. The van der Waals surface area contributed by atoms with Gasteiger partial charge in [0.05, 0.1) is 11.7 Å². The minimum absolute atomic E-state index is 0. The Balaban J connectivity index is 0.00000320. The minimum Gasteiger partial charge on any atom is -0.506 e. The van der Waals surface area contributed by atoms with Gasteiger partial charge < -0.3 is 25.6 Å². The Morgan fingerprint density at radius 2 is 2.00 bits per heavy atom. The number of carbonyl (C=O) groups is 1. The highest BCUT2D eigenvalue weighted by atomic mass is 35.5. The fourth-order valence-corrected chi connectivity index (χ4v) is 3.11. The molecule has 2 aromatic carbocycles. The van der Waals surface area contributed by atoms with Gasteiger partial charge in [0, 0.05) is 12.1 Å². The van der Waals surface area contributed by atoms with Crippen molar-refractivity contribution in [2.75, 3.05) is 25.0 Å². The number of nitrogens with one attached hydrogen (secondary N) is 2.